The maximum atomic E-state index is 13.0. The topological polar surface area (TPSA) is 95.3 Å². The van der Waals surface area contributed by atoms with Crippen LogP contribution < -0.4 is 10.1 Å². The first-order valence-electron chi connectivity index (χ1n) is 12.5. The van der Waals surface area contributed by atoms with Gasteiger partial charge in [-0.1, -0.05) is 36.9 Å². The van der Waals surface area contributed by atoms with E-state index >= 15 is 0 Å². The molecule has 0 bridgehead atoms. The van der Waals surface area contributed by atoms with Crippen molar-refractivity contribution in [3.05, 3.63) is 52.9 Å². The number of benzene rings is 1. The average Bonchev–Trinajstić information content (AvgIpc) is 3.44. The number of para-hydroxylation sites is 1. The number of thiophene rings is 1. The van der Waals surface area contributed by atoms with E-state index in [1.807, 2.05) is 35.8 Å². The number of carbonyl (C=O) groups excluding carboxylic acids is 2. The van der Waals surface area contributed by atoms with Crippen molar-refractivity contribution in [2.24, 2.45) is 5.92 Å². The zero-order valence-corrected chi connectivity index (χ0v) is 23.0. The summed E-state index contributed by atoms with van der Waals surface area (Å²) in [6, 6.07) is 7.67. The highest BCUT2D eigenvalue weighted by molar-refractivity contribution is 7.99. The van der Waals surface area contributed by atoms with Crippen LogP contribution in [0.15, 0.2) is 42.1 Å². The second-order valence-corrected chi connectivity index (χ2v) is 10.8. The second-order valence-electron chi connectivity index (χ2n) is 8.75. The summed E-state index contributed by atoms with van der Waals surface area (Å²) in [4.78, 5) is 26.9. The minimum absolute atomic E-state index is 0.115. The molecule has 1 unspecified atom stereocenters. The summed E-state index contributed by atoms with van der Waals surface area (Å²) in [5.41, 5.74) is 2.36. The lowest BCUT2D eigenvalue weighted by Crippen LogP contribution is -2.18. The van der Waals surface area contributed by atoms with Gasteiger partial charge in [-0.3, -0.25) is 9.36 Å². The monoisotopic (exact) mass is 540 g/mol. The highest BCUT2D eigenvalue weighted by atomic mass is 32.2. The van der Waals surface area contributed by atoms with Crippen molar-refractivity contribution < 1.29 is 19.1 Å². The van der Waals surface area contributed by atoms with Crippen LogP contribution in [0.5, 0.6) is 5.75 Å². The number of esters is 1. The van der Waals surface area contributed by atoms with Gasteiger partial charge in [0.05, 0.1) is 30.1 Å². The van der Waals surface area contributed by atoms with Gasteiger partial charge in [0.25, 0.3) is 0 Å². The SMILES string of the molecule is C=CCn1c(SCC(=O)Nc2sc3c(c2C(=O)OCC)CCC(C)C3)nnc1-c1ccccc1OCC. The fourth-order valence-electron chi connectivity index (χ4n) is 4.37. The average molecular weight is 541 g/mol. The number of fused-ring (bicyclic) bond motifs is 1. The lowest BCUT2D eigenvalue weighted by molar-refractivity contribution is -0.113. The first-order chi connectivity index (χ1) is 18.0. The summed E-state index contributed by atoms with van der Waals surface area (Å²) in [5.74, 6) is 1.45. The number of anilines is 1. The number of thioether (sulfide) groups is 1. The molecule has 1 aliphatic rings. The molecule has 1 aliphatic carbocycles. The van der Waals surface area contributed by atoms with E-state index in [0.29, 0.717) is 40.6 Å². The van der Waals surface area contributed by atoms with Crippen LogP contribution in [0.3, 0.4) is 0 Å². The second kappa shape index (κ2) is 12.4. The largest absolute Gasteiger partial charge is 0.493 e. The normalized spacial score (nSPS) is 14.6. The number of amides is 1. The summed E-state index contributed by atoms with van der Waals surface area (Å²) in [5, 5.41) is 12.9. The molecule has 10 heteroatoms. The van der Waals surface area contributed by atoms with Crippen molar-refractivity contribution in [3.63, 3.8) is 0 Å². The molecule has 0 radical (unpaired) electrons. The van der Waals surface area contributed by atoms with Crippen molar-refractivity contribution >= 4 is 40.0 Å². The van der Waals surface area contributed by atoms with E-state index < -0.39 is 0 Å². The Morgan fingerprint density at radius 3 is 2.84 bits per heavy atom. The molecule has 1 atom stereocenters. The number of carbonyl (C=O) groups is 2. The van der Waals surface area contributed by atoms with Gasteiger partial charge >= 0.3 is 5.97 Å². The molecule has 0 saturated heterocycles. The van der Waals surface area contributed by atoms with E-state index in [1.165, 1.54) is 23.1 Å². The number of nitrogens with one attached hydrogen (secondary N) is 1. The van der Waals surface area contributed by atoms with Crippen LogP contribution in [0.2, 0.25) is 0 Å². The zero-order valence-electron chi connectivity index (χ0n) is 21.4. The number of ether oxygens (including phenoxy) is 2. The molecule has 0 saturated carbocycles. The summed E-state index contributed by atoms with van der Waals surface area (Å²) in [6.07, 6.45) is 4.52. The van der Waals surface area contributed by atoms with Crippen LogP contribution >= 0.6 is 23.1 Å². The van der Waals surface area contributed by atoms with Crippen molar-refractivity contribution in [2.45, 2.75) is 51.7 Å². The van der Waals surface area contributed by atoms with Crippen molar-refractivity contribution in [1.82, 2.24) is 14.8 Å². The summed E-state index contributed by atoms with van der Waals surface area (Å²) in [6.45, 7) is 11.1. The molecule has 2 aromatic heterocycles. The lowest BCUT2D eigenvalue weighted by Gasteiger charge is -2.18. The molecule has 1 amide bonds. The molecule has 3 aromatic rings. The van der Waals surface area contributed by atoms with Gasteiger partial charge in [-0.2, -0.15) is 0 Å². The molecule has 1 aromatic carbocycles. The van der Waals surface area contributed by atoms with E-state index in [4.69, 9.17) is 9.47 Å². The van der Waals surface area contributed by atoms with Crippen LogP contribution in [0, 0.1) is 5.92 Å². The minimum atomic E-state index is -0.374. The predicted octanol–water partition coefficient (Wildman–Crippen LogP) is 5.62. The summed E-state index contributed by atoms with van der Waals surface area (Å²) >= 11 is 2.77. The molecule has 1 N–H and O–H groups in total. The fraction of sp³-hybridized carbons (Fsp3) is 0.407. The molecule has 8 nitrogen and oxygen atoms in total. The highest BCUT2D eigenvalue weighted by Gasteiger charge is 2.29. The van der Waals surface area contributed by atoms with Gasteiger partial charge in [0.1, 0.15) is 10.8 Å². The Hall–Kier alpha value is -3.11. The summed E-state index contributed by atoms with van der Waals surface area (Å²) < 4.78 is 13.0. The van der Waals surface area contributed by atoms with Crippen LogP contribution in [-0.4, -0.2) is 45.6 Å². The number of allylic oxidation sites excluding steroid dienone is 1. The smallest absolute Gasteiger partial charge is 0.341 e. The molecule has 196 valence electrons. The first kappa shape index (κ1) is 26.9. The minimum Gasteiger partial charge on any atom is -0.493 e. The number of aromatic nitrogens is 3. The van der Waals surface area contributed by atoms with Gasteiger partial charge in [0.2, 0.25) is 5.91 Å². The van der Waals surface area contributed by atoms with E-state index in [2.05, 4.69) is 29.0 Å². The fourth-order valence-corrected chi connectivity index (χ4v) is 6.53. The van der Waals surface area contributed by atoms with Crippen LogP contribution in [0.4, 0.5) is 5.00 Å². The van der Waals surface area contributed by atoms with Crippen LogP contribution in [-0.2, 0) is 28.9 Å². The third-order valence-corrected chi connectivity index (χ3v) is 8.17. The first-order valence-corrected chi connectivity index (χ1v) is 14.3. The maximum Gasteiger partial charge on any atom is 0.341 e. The molecular formula is C27H32N4O4S2. The lowest BCUT2D eigenvalue weighted by atomic mass is 9.88. The van der Waals surface area contributed by atoms with E-state index in [1.54, 1.807) is 13.0 Å². The van der Waals surface area contributed by atoms with Gasteiger partial charge in [-0.25, -0.2) is 4.79 Å². The molecular weight excluding hydrogens is 508 g/mol. The van der Waals surface area contributed by atoms with Gasteiger partial charge in [-0.15, -0.1) is 28.1 Å². The Labute approximate surface area is 225 Å². The Kier molecular flexibility index (Phi) is 9.04. The molecule has 2 heterocycles. The van der Waals surface area contributed by atoms with E-state index in [-0.39, 0.29) is 24.2 Å². The van der Waals surface area contributed by atoms with E-state index in [0.717, 1.165) is 41.0 Å². The molecule has 0 spiro atoms. The van der Waals surface area contributed by atoms with Gasteiger partial charge < -0.3 is 14.8 Å². The van der Waals surface area contributed by atoms with Gasteiger partial charge in [0.15, 0.2) is 11.0 Å². The zero-order chi connectivity index (χ0) is 26.4. The van der Waals surface area contributed by atoms with Crippen molar-refractivity contribution in [2.75, 3.05) is 24.3 Å². The number of nitrogens with zero attached hydrogens (tertiary/aromatic N) is 3. The molecule has 0 fully saturated rings. The van der Waals surface area contributed by atoms with Crippen molar-refractivity contribution in [1.29, 1.82) is 0 Å². The van der Waals surface area contributed by atoms with Crippen LogP contribution in [0.1, 0.15) is 48.0 Å². The molecule has 0 aliphatic heterocycles. The van der Waals surface area contributed by atoms with Crippen LogP contribution in [0.25, 0.3) is 11.4 Å². The number of rotatable bonds is 11. The summed E-state index contributed by atoms with van der Waals surface area (Å²) in [7, 11) is 0. The Bertz CT molecular complexity index is 1280. The third-order valence-electron chi connectivity index (χ3n) is 6.03. The number of hydrogen-bond donors (Lipinski definition) is 1. The van der Waals surface area contributed by atoms with Gasteiger partial charge in [-0.05, 0) is 56.7 Å². The van der Waals surface area contributed by atoms with E-state index in [9.17, 15) is 9.59 Å². The van der Waals surface area contributed by atoms with Gasteiger partial charge in [0, 0.05) is 11.4 Å². The standard InChI is InChI=1S/C27H32N4O4S2/c1-5-14-31-24(18-10-8-9-11-20(18)34-6-2)29-30-27(31)36-16-22(32)28-25-23(26(33)35-7-3)19-13-12-17(4)15-21(19)37-25/h5,8-11,17H,1,6-7,12-16H2,2-4H3,(H,28,32). The number of hydrogen-bond acceptors (Lipinski definition) is 8. The maximum absolute atomic E-state index is 13.0. The van der Waals surface area contributed by atoms with Crippen molar-refractivity contribution in [3.8, 4) is 17.1 Å². The predicted molar refractivity (Wildman–Crippen MR) is 148 cm³/mol. The highest BCUT2D eigenvalue weighted by Crippen LogP contribution is 2.40. The Morgan fingerprint density at radius 1 is 1.27 bits per heavy atom. The Morgan fingerprint density at radius 2 is 2.08 bits per heavy atom. The Balaban J connectivity index is 1.53. The molecule has 4 rings (SSSR count). The molecule has 37 heavy (non-hydrogen) atoms. The third kappa shape index (κ3) is 6.07. The quantitative estimate of drug-likeness (QED) is 0.191.